The molecule has 0 N–H and O–H groups in total. The fraction of sp³-hybridized carbons (Fsp3) is 1.00. The van der Waals surface area contributed by atoms with E-state index < -0.39 is 36.2 Å². The second-order valence-electron chi connectivity index (χ2n) is 9.24. The van der Waals surface area contributed by atoms with Crippen LogP contribution in [-0.2, 0) is 41.4 Å². The van der Waals surface area contributed by atoms with Crippen LogP contribution in [0.25, 0.3) is 0 Å². The highest BCUT2D eigenvalue weighted by Crippen LogP contribution is 2.27. The number of hydrogen-bond donors (Lipinski definition) is 0. The summed E-state index contributed by atoms with van der Waals surface area (Å²) in [7, 11) is 8.28. The van der Waals surface area contributed by atoms with Gasteiger partial charge in [-0.1, -0.05) is 24.9 Å². The van der Waals surface area contributed by atoms with Gasteiger partial charge in [0.25, 0.3) is 0 Å². The van der Waals surface area contributed by atoms with Crippen LogP contribution in [0, 0.1) is 0 Å². The van der Waals surface area contributed by atoms with Crippen LogP contribution < -0.4 is 0 Å². The summed E-state index contributed by atoms with van der Waals surface area (Å²) >= 11 is 0. The number of methoxy groups -OCH3 is 4. The quantitative estimate of drug-likeness (QED) is 0.0980. The Morgan fingerprint density at radius 3 is 1.11 bits per heavy atom. The lowest BCUT2D eigenvalue weighted by Crippen LogP contribution is -2.44. The van der Waals surface area contributed by atoms with Gasteiger partial charge in [0.1, 0.15) is 11.8 Å². The zero-order chi connectivity index (χ0) is 26.7. The van der Waals surface area contributed by atoms with Crippen molar-refractivity contribution < 1.29 is 41.4 Å². The summed E-state index contributed by atoms with van der Waals surface area (Å²) in [6, 6.07) is 3.86. The Bertz CT molecular complexity index is 450. The first-order valence-electron chi connectivity index (χ1n) is 12.7. The molecular weight excluding hydrogens is 521 g/mol. The van der Waals surface area contributed by atoms with E-state index in [1.165, 1.54) is 0 Å². The van der Waals surface area contributed by atoms with Gasteiger partial charge in [0.2, 0.25) is 0 Å². The minimum atomic E-state index is -2.30. The average molecular weight is 575 g/mol. The second-order valence-corrected chi connectivity index (χ2v) is 20.1. The van der Waals surface area contributed by atoms with Gasteiger partial charge < -0.3 is 41.4 Å². The van der Waals surface area contributed by atoms with Crippen molar-refractivity contribution in [3.63, 3.8) is 0 Å². The molecular formula is C22H54O9Si4. The molecule has 0 spiro atoms. The molecule has 2 atom stereocenters. The first kappa shape index (κ1) is 35.5. The van der Waals surface area contributed by atoms with Crippen LogP contribution in [0.2, 0.25) is 37.3 Å². The van der Waals surface area contributed by atoms with Crippen molar-refractivity contribution in [1.29, 1.82) is 0 Å². The van der Waals surface area contributed by atoms with E-state index in [1.54, 1.807) is 56.9 Å². The van der Waals surface area contributed by atoms with Crippen molar-refractivity contribution in [3.8, 4) is 0 Å². The maximum Gasteiger partial charge on any atom is 0.337 e. The van der Waals surface area contributed by atoms with Crippen LogP contribution in [0.4, 0.5) is 0 Å². The van der Waals surface area contributed by atoms with Crippen molar-refractivity contribution in [2.24, 2.45) is 0 Å². The Balaban J connectivity index is 5.32. The standard InChI is InChI=1S/C22H54O9Si4/c1-23-21(24-2)32-15-11-13-19(17-34(9,27-5)28-6)31-20(18-35(10,29-7)30-8)14-12-16-33-22(25-3)26-4/h19-22H,11-18,32-33H2,1-10H3. The Morgan fingerprint density at radius 2 is 0.857 bits per heavy atom. The van der Waals surface area contributed by atoms with Crippen molar-refractivity contribution in [3.05, 3.63) is 0 Å². The van der Waals surface area contributed by atoms with Gasteiger partial charge in [0.15, 0.2) is 0 Å². The lowest BCUT2D eigenvalue weighted by Gasteiger charge is -2.33. The minimum absolute atomic E-state index is 0.0259. The maximum atomic E-state index is 6.82. The summed E-state index contributed by atoms with van der Waals surface area (Å²) in [4.78, 5) is 0. The summed E-state index contributed by atoms with van der Waals surface area (Å²) in [5.41, 5.74) is 0. The molecule has 0 aromatic heterocycles. The summed E-state index contributed by atoms with van der Waals surface area (Å²) in [6.07, 6.45) is 4.19. The SMILES string of the molecule is COC(OC)[SiH2]CCCC(C[Si](C)(OC)OC)OC(CCC[SiH2]C(OC)OC)C[Si](C)(OC)OC. The molecule has 0 bridgehead atoms. The zero-order valence-electron chi connectivity index (χ0n) is 24.1. The third kappa shape index (κ3) is 15.5. The Hall–Kier alpha value is 0.508. The Labute approximate surface area is 221 Å². The number of ether oxygens (including phenoxy) is 5. The minimum Gasteiger partial charge on any atom is -0.398 e. The van der Waals surface area contributed by atoms with E-state index >= 15 is 0 Å². The molecule has 9 nitrogen and oxygen atoms in total. The topological polar surface area (TPSA) is 83.1 Å². The highest BCUT2D eigenvalue weighted by molar-refractivity contribution is 6.66. The molecule has 13 heteroatoms. The molecule has 0 aliphatic carbocycles. The smallest absolute Gasteiger partial charge is 0.337 e. The summed E-state index contributed by atoms with van der Waals surface area (Å²) < 4.78 is 51.6. The molecule has 212 valence electrons. The summed E-state index contributed by atoms with van der Waals surface area (Å²) in [6.45, 7) is 4.20. The van der Waals surface area contributed by atoms with E-state index in [2.05, 4.69) is 13.1 Å². The molecule has 35 heavy (non-hydrogen) atoms. The van der Waals surface area contributed by atoms with Gasteiger partial charge in [-0.05, 0) is 25.9 Å². The highest BCUT2D eigenvalue weighted by Gasteiger charge is 2.37. The maximum absolute atomic E-state index is 6.82. The fourth-order valence-corrected chi connectivity index (χ4v) is 10.1. The molecule has 0 aromatic rings. The molecule has 0 amide bonds. The lowest BCUT2D eigenvalue weighted by atomic mass is 10.2. The molecule has 0 saturated heterocycles. The summed E-state index contributed by atoms with van der Waals surface area (Å²) in [5, 5.41) is 0. The molecule has 0 fully saturated rings. The molecule has 0 aliphatic rings. The lowest BCUT2D eigenvalue weighted by molar-refractivity contribution is -0.0444. The van der Waals surface area contributed by atoms with E-state index in [9.17, 15) is 0 Å². The van der Waals surface area contributed by atoms with Gasteiger partial charge in [-0.2, -0.15) is 0 Å². The van der Waals surface area contributed by atoms with Crippen LogP contribution in [0.3, 0.4) is 0 Å². The predicted molar refractivity (Wildman–Crippen MR) is 150 cm³/mol. The number of rotatable bonds is 24. The molecule has 0 aliphatic heterocycles. The van der Waals surface area contributed by atoms with Crippen molar-refractivity contribution in [2.75, 3.05) is 56.9 Å². The third-order valence-corrected chi connectivity index (χ3v) is 16.7. The van der Waals surface area contributed by atoms with Crippen LogP contribution in [0.1, 0.15) is 25.7 Å². The largest absolute Gasteiger partial charge is 0.398 e. The van der Waals surface area contributed by atoms with E-state index in [1.807, 2.05) is 0 Å². The Kier molecular flexibility index (Phi) is 20.8. The predicted octanol–water partition coefficient (Wildman–Crippen LogP) is 2.36. The van der Waals surface area contributed by atoms with E-state index in [0.717, 1.165) is 49.9 Å². The van der Waals surface area contributed by atoms with E-state index in [4.69, 9.17) is 41.4 Å². The first-order valence-corrected chi connectivity index (χ1v) is 21.3. The molecule has 2 unspecified atom stereocenters. The average Bonchev–Trinajstić information content (AvgIpc) is 2.88. The zero-order valence-corrected chi connectivity index (χ0v) is 28.9. The van der Waals surface area contributed by atoms with Gasteiger partial charge in [-0.15, -0.1) is 0 Å². The fourth-order valence-electron chi connectivity index (χ4n) is 4.07. The van der Waals surface area contributed by atoms with Crippen molar-refractivity contribution >= 4 is 36.2 Å². The monoisotopic (exact) mass is 574 g/mol. The molecule has 0 heterocycles. The van der Waals surface area contributed by atoms with Gasteiger partial charge in [0, 0.05) is 69.0 Å². The molecule has 0 saturated carbocycles. The second kappa shape index (κ2) is 20.5. The molecule has 0 rings (SSSR count). The van der Waals surface area contributed by atoms with Crippen LogP contribution in [-0.4, -0.2) is 117 Å². The van der Waals surface area contributed by atoms with Gasteiger partial charge in [-0.25, -0.2) is 0 Å². The van der Waals surface area contributed by atoms with Crippen LogP contribution >= 0.6 is 0 Å². The Morgan fingerprint density at radius 1 is 0.543 bits per heavy atom. The molecule has 0 radical (unpaired) electrons. The third-order valence-electron chi connectivity index (χ3n) is 6.79. The van der Waals surface area contributed by atoms with Crippen LogP contribution in [0.5, 0.6) is 0 Å². The van der Waals surface area contributed by atoms with Crippen LogP contribution in [0.15, 0.2) is 0 Å². The van der Waals surface area contributed by atoms with Gasteiger partial charge in [0.05, 0.1) is 31.2 Å². The van der Waals surface area contributed by atoms with E-state index in [-0.39, 0.29) is 24.0 Å². The normalized spacial score (nSPS) is 15.4. The van der Waals surface area contributed by atoms with Crippen molar-refractivity contribution in [1.82, 2.24) is 0 Å². The van der Waals surface area contributed by atoms with Gasteiger partial charge >= 0.3 is 17.1 Å². The highest BCUT2D eigenvalue weighted by atomic mass is 28.4. The van der Waals surface area contributed by atoms with Crippen molar-refractivity contribution in [2.45, 2.75) is 87.0 Å². The first-order chi connectivity index (χ1) is 16.7. The van der Waals surface area contributed by atoms with E-state index in [0.29, 0.717) is 0 Å². The number of hydrogen-bond acceptors (Lipinski definition) is 9. The van der Waals surface area contributed by atoms with Gasteiger partial charge in [-0.3, -0.25) is 0 Å². The molecule has 0 aromatic carbocycles. The summed E-state index contributed by atoms with van der Waals surface area (Å²) in [5.74, 6) is -0.0518.